The van der Waals surface area contributed by atoms with E-state index in [-0.39, 0.29) is 24.0 Å². The molecule has 0 saturated carbocycles. The fourth-order valence-corrected chi connectivity index (χ4v) is 4.63. The molecule has 7 nitrogen and oxygen atoms in total. The van der Waals surface area contributed by atoms with Crippen molar-refractivity contribution in [3.8, 4) is 0 Å². The first kappa shape index (κ1) is 25.3. The van der Waals surface area contributed by atoms with Crippen molar-refractivity contribution in [2.24, 2.45) is 4.99 Å². The molecule has 0 unspecified atom stereocenters. The van der Waals surface area contributed by atoms with Crippen LogP contribution in [-0.2, 0) is 17.8 Å². The highest BCUT2D eigenvalue weighted by Crippen LogP contribution is 2.13. The van der Waals surface area contributed by atoms with E-state index < -0.39 is 0 Å². The summed E-state index contributed by atoms with van der Waals surface area (Å²) < 4.78 is 0. The highest BCUT2D eigenvalue weighted by molar-refractivity contribution is 14.0. The quantitative estimate of drug-likeness (QED) is 0.337. The number of amides is 1. The minimum Gasteiger partial charge on any atom is -0.357 e. The van der Waals surface area contributed by atoms with Gasteiger partial charge in [0.25, 0.3) is 0 Å². The van der Waals surface area contributed by atoms with Crippen LogP contribution in [0.2, 0.25) is 0 Å². The van der Waals surface area contributed by atoms with Crippen LogP contribution in [0, 0.1) is 0 Å². The van der Waals surface area contributed by atoms with E-state index in [1.165, 1.54) is 17.8 Å². The number of halogens is 1. The molecular weight excluding hydrogens is 511 g/mol. The molecular formula is C21H37IN6OS. The van der Waals surface area contributed by atoms with Gasteiger partial charge in [0.1, 0.15) is 0 Å². The lowest BCUT2D eigenvalue weighted by Gasteiger charge is -2.37. The van der Waals surface area contributed by atoms with E-state index in [1.807, 2.05) is 0 Å². The Bertz CT molecular complexity index is 666. The third-order valence-corrected chi connectivity index (χ3v) is 6.66. The number of guanidine groups is 1. The van der Waals surface area contributed by atoms with Gasteiger partial charge in [0.05, 0.1) is 23.8 Å². The van der Waals surface area contributed by atoms with E-state index in [9.17, 15) is 4.79 Å². The third-order valence-electron chi connectivity index (χ3n) is 5.62. The monoisotopic (exact) mass is 548 g/mol. The van der Waals surface area contributed by atoms with Crippen molar-refractivity contribution in [3.63, 3.8) is 0 Å². The first-order valence-corrected chi connectivity index (χ1v) is 12.0. The van der Waals surface area contributed by atoms with Gasteiger partial charge in [0, 0.05) is 51.2 Å². The predicted octanol–water partition coefficient (Wildman–Crippen LogP) is 2.81. The number of rotatable bonds is 6. The lowest BCUT2D eigenvalue weighted by atomic mass is 10.2. The second-order valence-corrected chi connectivity index (χ2v) is 8.76. The van der Waals surface area contributed by atoms with Gasteiger partial charge in [-0.15, -0.1) is 35.3 Å². The Labute approximate surface area is 202 Å². The van der Waals surface area contributed by atoms with Crippen molar-refractivity contribution < 1.29 is 4.79 Å². The summed E-state index contributed by atoms with van der Waals surface area (Å²) in [5.74, 6) is 1.26. The summed E-state index contributed by atoms with van der Waals surface area (Å²) in [5, 5.41) is 6.69. The Morgan fingerprint density at radius 3 is 2.37 bits per heavy atom. The molecule has 2 aliphatic heterocycles. The zero-order valence-corrected chi connectivity index (χ0v) is 21.6. The highest BCUT2D eigenvalue weighted by Gasteiger charge is 2.23. The predicted molar refractivity (Wildman–Crippen MR) is 135 cm³/mol. The number of aliphatic imine (C=N–C) groups is 1. The second-order valence-electron chi connectivity index (χ2n) is 7.81. The van der Waals surface area contributed by atoms with Crippen molar-refractivity contribution in [2.45, 2.75) is 52.5 Å². The number of hydrogen-bond acceptors (Lipinski definition) is 5. The number of hydrogen-bond donors (Lipinski definition) is 1. The largest absolute Gasteiger partial charge is 0.357 e. The van der Waals surface area contributed by atoms with E-state index in [0.29, 0.717) is 19.0 Å². The van der Waals surface area contributed by atoms with Crippen LogP contribution in [0.3, 0.4) is 0 Å². The van der Waals surface area contributed by atoms with Gasteiger partial charge in [0.2, 0.25) is 5.91 Å². The van der Waals surface area contributed by atoms with Crippen LogP contribution in [-0.4, -0.2) is 83.9 Å². The summed E-state index contributed by atoms with van der Waals surface area (Å²) in [6.07, 6.45) is 5.80. The molecule has 3 heterocycles. The maximum atomic E-state index is 12.7. The minimum absolute atomic E-state index is 0. The van der Waals surface area contributed by atoms with E-state index >= 15 is 0 Å². The van der Waals surface area contributed by atoms with Crippen molar-refractivity contribution in [1.29, 1.82) is 0 Å². The van der Waals surface area contributed by atoms with Gasteiger partial charge in [-0.3, -0.25) is 9.69 Å². The molecule has 30 heavy (non-hydrogen) atoms. The SMILES string of the molecule is CCNC(=NCc1csc(CC)n1)N1CCN(CC(=O)N2CCCCCC2)CC1.I. The van der Waals surface area contributed by atoms with Crippen molar-refractivity contribution in [1.82, 2.24) is 25.0 Å². The average Bonchev–Trinajstić information content (AvgIpc) is 3.03. The number of likely N-dealkylation sites (tertiary alicyclic amines) is 1. The third kappa shape index (κ3) is 7.64. The number of carbonyl (C=O) groups is 1. The summed E-state index contributed by atoms with van der Waals surface area (Å²) in [4.78, 5) is 28.7. The van der Waals surface area contributed by atoms with E-state index in [0.717, 1.165) is 76.7 Å². The fraction of sp³-hybridized carbons (Fsp3) is 0.762. The Kier molecular flexibility index (Phi) is 11.4. The molecule has 2 saturated heterocycles. The normalized spacial score (nSPS) is 18.7. The Hall–Kier alpha value is -0.940. The van der Waals surface area contributed by atoms with Crippen LogP contribution in [0.4, 0.5) is 0 Å². The topological polar surface area (TPSA) is 64.1 Å². The molecule has 3 rings (SSSR count). The molecule has 170 valence electrons. The first-order valence-electron chi connectivity index (χ1n) is 11.2. The van der Waals surface area contributed by atoms with Crippen LogP contribution < -0.4 is 5.32 Å². The standard InChI is InChI=1S/C21H36N6OS.HI/c1-3-19-24-18(17-29-19)15-23-21(22-4-2)27-13-11-25(12-14-27)16-20(28)26-9-7-5-6-8-10-26;/h17H,3-16H2,1-2H3,(H,22,23);1H. The lowest BCUT2D eigenvalue weighted by molar-refractivity contribution is -0.132. The van der Waals surface area contributed by atoms with Crippen LogP contribution in [0.1, 0.15) is 50.2 Å². The molecule has 1 aromatic heterocycles. The average molecular weight is 549 g/mol. The van der Waals surface area contributed by atoms with Gasteiger partial charge in [-0.05, 0) is 26.2 Å². The van der Waals surface area contributed by atoms with Gasteiger partial charge in [-0.25, -0.2) is 9.98 Å². The van der Waals surface area contributed by atoms with Crippen molar-refractivity contribution in [3.05, 3.63) is 16.1 Å². The number of aryl methyl sites for hydroxylation is 1. The Morgan fingerprint density at radius 2 is 1.77 bits per heavy atom. The Balaban J connectivity index is 0.00000320. The molecule has 0 atom stereocenters. The molecule has 1 aromatic rings. The molecule has 2 aliphatic rings. The maximum Gasteiger partial charge on any atom is 0.236 e. The van der Waals surface area contributed by atoms with E-state index in [4.69, 9.17) is 4.99 Å². The van der Waals surface area contributed by atoms with Crippen molar-refractivity contribution in [2.75, 3.05) is 52.4 Å². The molecule has 0 aliphatic carbocycles. The minimum atomic E-state index is 0. The molecule has 1 N–H and O–H groups in total. The zero-order chi connectivity index (χ0) is 20.5. The smallest absolute Gasteiger partial charge is 0.236 e. The molecule has 9 heteroatoms. The van der Waals surface area contributed by atoms with Gasteiger partial charge >= 0.3 is 0 Å². The van der Waals surface area contributed by atoms with Crippen LogP contribution in [0.15, 0.2) is 10.4 Å². The molecule has 0 radical (unpaired) electrons. The highest BCUT2D eigenvalue weighted by atomic mass is 127. The van der Waals surface area contributed by atoms with E-state index in [2.05, 4.69) is 44.2 Å². The summed E-state index contributed by atoms with van der Waals surface area (Å²) in [6, 6.07) is 0. The molecule has 0 spiro atoms. The van der Waals surface area contributed by atoms with E-state index in [1.54, 1.807) is 11.3 Å². The zero-order valence-electron chi connectivity index (χ0n) is 18.4. The summed E-state index contributed by atoms with van der Waals surface area (Å²) in [5.41, 5.74) is 1.05. The number of nitrogens with one attached hydrogen (secondary N) is 1. The number of aromatic nitrogens is 1. The second kappa shape index (κ2) is 13.5. The van der Waals surface area contributed by atoms with Gasteiger partial charge < -0.3 is 15.1 Å². The van der Waals surface area contributed by atoms with Gasteiger partial charge in [-0.1, -0.05) is 19.8 Å². The van der Waals surface area contributed by atoms with Crippen molar-refractivity contribution >= 4 is 47.2 Å². The lowest BCUT2D eigenvalue weighted by Crippen LogP contribution is -2.54. The molecule has 0 bridgehead atoms. The number of piperazine rings is 1. The van der Waals surface area contributed by atoms with Gasteiger partial charge in [0.15, 0.2) is 5.96 Å². The molecule has 1 amide bonds. The molecule has 0 aromatic carbocycles. The molecule has 2 fully saturated rings. The number of carbonyl (C=O) groups excluding carboxylic acids is 1. The summed E-state index contributed by atoms with van der Waals surface area (Å²) in [6.45, 7) is 11.7. The summed E-state index contributed by atoms with van der Waals surface area (Å²) in [7, 11) is 0. The fourth-order valence-electron chi connectivity index (χ4n) is 3.89. The maximum absolute atomic E-state index is 12.7. The number of thiazole rings is 1. The van der Waals surface area contributed by atoms with Crippen LogP contribution in [0.5, 0.6) is 0 Å². The van der Waals surface area contributed by atoms with Gasteiger partial charge in [-0.2, -0.15) is 0 Å². The Morgan fingerprint density at radius 1 is 1.07 bits per heavy atom. The first-order chi connectivity index (χ1) is 14.2. The van der Waals surface area contributed by atoms with Crippen LogP contribution in [0.25, 0.3) is 0 Å². The summed E-state index contributed by atoms with van der Waals surface area (Å²) >= 11 is 1.71. The number of nitrogens with zero attached hydrogens (tertiary/aromatic N) is 5. The van der Waals surface area contributed by atoms with Crippen LogP contribution >= 0.6 is 35.3 Å².